The Morgan fingerprint density at radius 3 is 2.42 bits per heavy atom. The lowest BCUT2D eigenvalue weighted by Crippen LogP contribution is -2.50. The maximum Gasteiger partial charge on any atom is 0.243 e. The summed E-state index contributed by atoms with van der Waals surface area (Å²) in [5.41, 5.74) is 0.773. The first-order valence-corrected chi connectivity index (χ1v) is 12.8. The van der Waals surface area contributed by atoms with E-state index in [4.69, 9.17) is 0 Å². The lowest BCUT2D eigenvalue weighted by molar-refractivity contribution is -0.117. The molecule has 0 saturated carbocycles. The van der Waals surface area contributed by atoms with Crippen LogP contribution in [0.1, 0.15) is 0 Å². The normalized spacial score (nSPS) is 15.8. The SMILES string of the molecule is CSc1cccc(NC(=O)CN2CCN(S(=O)(=O)c3ccc4ccccc4c3)CC2)c1. The summed E-state index contributed by atoms with van der Waals surface area (Å²) in [7, 11) is -3.56. The van der Waals surface area contributed by atoms with Gasteiger partial charge in [-0.1, -0.05) is 36.4 Å². The highest BCUT2D eigenvalue weighted by Gasteiger charge is 2.29. The molecule has 1 fully saturated rings. The number of nitrogens with zero attached hydrogens (tertiary/aromatic N) is 2. The zero-order chi connectivity index (χ0) is 21.8. The van der Waals surface area contributed by atoms with E-state index in [1.807, 2.05) is 65.8 Å². The largest absolute Gasteiger partial charge is 0.325 e. The smallest absolute Gasteiger partial charge is 0.243 e. The van der Waals surface area contributed by atoms with Crippen molar-refractivity contribution in [2.45, 2.75) is 9.79 Å². The van der Waals surface area contributed by atoms with Crippen molar-refractivity contribution in [3.63, 3.8) is 0 Å². The van der Waals surface area contributed by atoms with E-state index in [1.165, 1.54) is 4.31 Å². The monoisotopic (exact) mass is 455 g/mol. The van der Waals surface area contributed by atoms with Crippen LogP contribution >= 0.6 is 11.8 Å². The van der Waals surface area contributed by atoms with Gasteiger partial charge in [0.2, 0.25) is 15.9 Å². The first kappa shape index (κ1) is 21.8. The van der Waals surface area contributed by atoms with Crippen LogP contribution in [-0.4, -0.2) is 62.5 Å². The molecule has 1 N–H and O–H groups in total. The average molecular weight is 456 g/mol. The number of hydrogen-bond donors (Lipinski definition) is 1. The molecule has 0 bridgehead atoms. The minimum Gasteiger partial charge on any atom is -0.325 e. The fourth-order valence-corrected chi connectivity index (χ4v) is 5.63. The van der Waals surface area contributed by atoms with Crippen LogP contribution in [0.5, 0.6) is 0 Å². The molecule has 162 valence electrons. The van der Waals surface area contributed by atoms with Crippen molar-refractivity contribution in [3.8, 4) is 0 Å². The molecule has 0 aromatic heterocycles. The van der Waals surface area contributed by atoms with E-state index in [1.54, 1.807) is 23.9 Å². The predicted octanol–water partition coefficient (Wildman–Crippen LogP) is 3.51. The summed E-state index contributed by atoms with van der Waals surface area (Å²) in [4.78, 5) is 15.8. The number of amides is 1. The summed E-state index contributed by atoms with van der Waals surface area (Å²) in [6.45, 7) is 2.01. The molecule has 0 atom stereocenters. The average Bonchev–Trinajstić information content (AvgIpc) is 2.79. The highest BCUT2D eigenvalue weighted by molar-refractivity contribution is 7.98. The van der Waals surface area contributed by atoms with Gasteiger partial charge in [0, 0.05) is 36.8 Å². The Morgan fingerprint density at radius 2 is 1.68 bits per heavy atom. The van der Waals surface area contributed by atoms with Crippen molar-refractivity contribution in [3.05, 3.63) is 66.7 Å². The highest BCUT2D eigenvalue weighted by atomic mass is 32.2. The quantitative estimate of drug-likeness (QED) is 0.576. The summed E-state index contributed by atoms with van der Waals surface area (Å²) in [6.07, 6.45) is 1.99. The van der Waals surface area contributed by atoms with E-state index in [0.29, 0.717) is 31.1 Å². The number of sulfonamides is 1. The fourth-order valence-electron chi connectivity index (χ4n) is 3.71. The van der Waals surface area contributed by atoms with Crippen LogP contribution < -0.4 is 5.32 Å². The number of fused-ring (bicyclic) bond motifs is 1. The molecule has 3 aromatic carbocycles. The zero-order valence-electron chi connectivity index (χ0n) is 17.3. The standard InChI is InChI=1S/C23H25N3O3S2/c1-30-21-8-4-7-20(16-21)24-23(27)17-25-11-13-26(14-12-25)31(28,29)22-10-9-18-5-2-3-6-19(18)15-22/h2-10,15-16H,11-14,17H2,1H3,(H,24,27). The predicted molar refractivity (Wildman–Crippen MR) is 126 cm³/mol. The van der Waals surface area contributed by atoms with Gasteiger partial charge in [0.05, 0.1) is 11.4 Å². The second kappa shape index (κ2) is 9.40. The fraction of sp³-hybridized carbons (Fsp3) is 0.261. The summed E-state index contributed by atoms with van der Waals surface area (Å²) in [6, 6.07) is 20.7. The molecule has 0 radical (unpaired) electrons. The Labute approximate surface area is 187 Å². The minimum absolute atomic E-state index is 0.0934. The van der Waals surface area contributed by atoms with Crippen molar-refractivity contribution in [1.29, 1.82) is 0 Å². The van der Waals surface area contributed by atoms with E-state index in [-0.39, 0.29) is 12.5 Å². The van der Waals surface area contributed by atoms with Crippen molar-refractivity contribution in [2.75, 3.05) is 44.3 Å². The van der Waals surface area contributed by atoms with Crippen molar-refractivity contribution >= 4 is 44.2 Å². The second-order valence-corrected chi connectivity index (χ2v) is 10.3. The lowest BCUT2D eigenvalue weighted by atomic mass is 10.1. The number of hydrogen-bond acceptors (Lipinski definition) is 5. The van der Waals surface area contributed by atoms with Gasteiger partial charge in [0.15, 0.2) is 0 Å². The van der Waals surface area contributed by atoms with E-state index >= 15 is 0 Å². The van der Waals surface area contributed by atoms with Gasteiger partial charge < -0.3 is 5.32 Å². The Morgan fingerprint density at radius 1 is 0.935 bits per heavy atom. The molecule has 4 rings (SSSR count). The van der Waals surface area contributed by atoms with Crippen LogP contribution in [0.2, 0.25) is 0 Å². The number of carbonyl (C=O) groups excluding carboxylic acids is 1. The van der Waals surface area contributed by atoms with Crippen molar-refractivity contribution in [1.82, 2.24) is 9.21 Å². The maximum absolute atomic E-state index is 13.1. The highest BCUT2D eigenvalue weighted by Crippen LogP contribution is 2.23. The van der Waals surface area contributed by atoms with E-state index in [0.717, 1.165) is 21.4 Å². The molecule has 1 aliphatic heterocycles. The first-order valence-electron chi connectivity index (χ1n) is 10.1. The van der Waals surface area contributed by atoms with Crippen LogP contribution in [0.25, 0.3) is 10.8 Å². The molecule has 1 saturated heterocycles. The molecule has 31 heavy (non-hydrogen) atoms. The minimum atomic E-state index is -3.56. The Kier molecular flexibility index (Phi) is 6.62. The molecule has 8 heteroatoms. The molecule has 6 nitrogen and oxygen atoms in total. The molecule has 1 heterocycles. The second-order valence-electron chi connectivity index (χ2n) is 7.47. The zero-order valence-corrected chi connectivity index (χ0v) is 19.0. The first-order chi connectivity index (χ1) is 15.0. The summed E-state index contributed by atoms with van der Waals surface area (Å²) >= 11 is 1.62. The van der Waals surface area contributed by atoms with Gasteiger partial charge in [0.1, 0.15) is 0 Å². The molecular formula is C23H25N3O3S2. The Hall–Kier alpha value is -2.39. The van der Waals surface area contributed by atoms with E-state index in [2.05, 4.69) is 5.32 Å². The molecule has 0 unspecified atom stereocenters. The topological polar surface area (TPSA) is 69.7 Å². The molecule has 3 aromatic rings. The van der Waals surface area contributed by atoms with Gasteiger partial charge in [-0.3, -0.25) is 9.69 Å². The third kappa shape index (κ3) is 5.10. The number of thioether (sulfide) groups is 1. The summed E-state index contributed by atoms with van der Waals surface area (Å²) in [5, 5.41) is 4.84. The third-order valence-corrected chi connectivity index (χ3v) is 8.03. The van der Waals surface area contributed by atoms with Crippen LogP contribution in [0, 0.1) is 0 Å². The van der Waals surface area contributed by atoms with Gasteiger partial charge in [-0.25, -0.2) is 8.42 Å². The molecule has 0 aliphatic carbocycles. The molecule has 1 aliphatic rings. The van der Waals surface area contributed by atoms with Gasteiger partial charge in [-0.15, -0.1) is 11.8 Å². The van der Waals surface area contributed by atoms with E-state index < -0.39 is 10.0 Å². The van der Waals surface area contributed by atoms with Crippen LogP contribution in [-0.2, 0) is 14.8 Å². The van der Waals surface area contributed by atoms with Gasteiger partial charge in [-0.2, -0.15) is 4.31 Å². The Balaban J connectivity index is 1.35. The van der Waals surface area contributed by atoms with Crippen LogP contribution in [0.15, 0.2) is 76.5 Å². The Bertz CT molecular complexity index is 1190. The van der Waals surface area contributed by atoms with Gasteiger partial charge in [-0.05, 0) is 47.4 Å². The lowest BCUT2D eigenvalue weighted by Gasteiger charge is -2.33. The van der Waals surface area contributed by atoms with E-state index in [9.17, 15) is 13.2 Å². The number of nitrogens with one attached hydrogen (secondary N) is 1. The summed E-state index contributed by atoms with van der Waals surface area (Å²) in [5.74, 6) is -0.0934. The van der Waals surface area contributed by atoms with Crippen molar-refractivity contribution < 1.29 is 13.2 Å². The molecule has 1 amide bonds. The summed E-state index contributed by atoms with van der Waals surface area (Å²) < 4.78 is 27.7. The number of rotatable bonds is 6. The number of anilines is 1. The number of benzene rings is 3. The number of carbonyl (C=O) groups is 1. The van der Waals surface area contributed by atoms with Crippen molar-refractivity contribution in [2.24, 2.45) is 0 Å². The van der Waals surface area contributed by atoms with Crippen LogP contribution in [0.3, 0.4) is 0 Å². The maximum atomic E-state index is 13.1. The molecular weight excluding hydrogens is 430 g/mol. The number of piperazine rings is 1. The van der Waals surface area contributed by atoms with Gasteiger partial charge in [0.25, 0.3) is 0 Å². The molecule has 0 spiro atoms. The van der Waals surface area contributed by atoms with Gasteiger partial charge >= 0.3 is 0 Å². The van der Waals surface area contributed by atoms with Crippen LogP contribution in [0.4, 0.5) is 5.69 Å². The third-order valence-electron chi connectivity index (χ3n) is 5.41.